The predicted octanol–water partition coefficient (Wildman–Crippen LogP) is 3.06. The van der Waals surface area contributed by atoms with Crippen LogP contribution in [0.3, 0.4) is 0 Å². The zero-order chi connectivity index (χ0) is 16.7. The number of fused-ring (bicyclic) bond motifs is 2. The molecule has 5 heteroatoms. The second-order valence-corrected chi connectivity index (χ2v) is 6.25. The molecule has 0 amide bonds. The van der Waals surface area contributed by atoms with Gasteiger partial charge in [-0.3, -0.25) is 0 Å². The van der Waals surface area contributed by atoms with Crippen molar-refractivity contribution in [3.05, 3.63) is 59.8 Å². The minimum Gasteiger partial charge on any atom is -0.389 e. The van der Waals surface area contributed by atoms with E-state index in [1.165, 1.54) is 16.6 Å². The molecule has 0 radical (unpaired) electrons. The molecule has 0 spiro atoms. The fourth-order valence-corrected chi connectivity index (χ4v) is 3.36. The van der Waals surface area contributed by atoms with Crippen molar-refractivity contribution in [2.24, 2.45) is 0 Å². The highest BCUT2D eigenvalue weighted by Gasteiger charge is 2.15. The molecule has 0 fully saturated rings. The third-order valence-electron chi connectivity index (χ3n) is 4.74. The lowest BCUT2D eigenvalue weighted by molar-refractivity contribution is 0.131. The fraction of sp³-hybridized carbons (Fsp3) is 0.263. The quantitative estimate of drug-likeness (QED) is 0.629. The number of hydrogen-bond donors (Lipinski definition) is 1. The van der Waals surface area contributed by atoms with Gasteiger partial charge in [0.2, 0.25) is 0 Å². The molecule has 0 bridgehead atoms. The summed E-state index contributed by atoms with van der Waals surface area (Å²) in [6.45, 7) is 5.19. The van der Waals surface area contributed by atoms with Crippen LogP contribution in [-0.4, -0.2) is 30.8 Å². The molecule has 0 unspecified atom stereocenters. The topological polar surface area (TPSA) is 55.9 Å². The van der Waals surface area contributed by atoms with Crippen molar-refractivity contribution in [3.8, 4) is 0 Å². The number of rotatable bonds is 4. The first-order chi connectivity index (χ1) is 11.6. The molecule has 2 aromatic heterocycles. The summed E-state index contributed by atoms with van der Waals surface area (Å²) in [7, 11) is 0. The summed E-state index contributed by atoms with van der Waals surface area (Å²) in [6.07, 6.45) is -0.538. The maximum absolute atomic E-state index is 10.6. The van der Waals surface area contributed by atoms with Crippen LogP contribution in [0.1, 0.15) is 11.3 Å². The minimum absolute atomic E-state index is 0.422. The zero-order valence-electron chi connectivity index (χ0n) is 13.8. The van der Waals surface area contributed by atoms with Gasteiger partial charge in [-0.15, -0.1) is 5.10 Å². The number of aliphatic hydroxyl groups excluding tert-OH is 1. The van der Waals surface area contributed by atoms with E-state index in [9.17, 15) is 5.11 Å². The smallest absolute Gasteiger partial charge is 0.113 e. The van der Waals surface area contributed by atoms with E-state index in [0.29, 0.717) is 13.1 Å². The Kier molecular flexibility index (Phi) is 3.58. The summed E-state index contributed by atoms with van der Waals surface area (Å²) in [4.78, 5) is 0. The highest BCUT2D eigenvalue weighted by molar-refractivity contribution is 5.85. The van der Waals surface area contributed by atoms with Crippen LogP contribution in [0.4, 0.5) is 0 Å². The van der Waals surface area contributed by atoms with E-state index in [2.05, 4.69) is 46.9 Å². The maximum Gasteiger partial charge on any atom is 0.113 e. The molecule has 2 aromatic carbocycles. The standard InChI is InChI=1S/C19H20N4O/c1-13-14(2)22(18-9-5-3-7-16(13)18)11-15(24)12-23-19-10-6-4-8-17(19)20-21-23/h3-10,15,24H,11-12H2,1-2H3/t15-/m1/s1. The summed E-state index contributed by atoms with van der Waals surface area (Å²) in [5.74, 6) is 0. The summed E-state index contributed by atoms with van der Waals surface area (Å²) < 4.78 is 3.96. The highest BCUT2D eigenvalue weighted by atomic mass is 16.3. The van der Waals surface area contributed by atoms with Crippen LogP contribution < -0.4 is 0 Å². The van der Waals surface area contributed by atoms with Crippen molar-refractivity contribution >= 4 is 21.9 Å². The van der Waals surface area contributed by atoms with Gasteiger partial charge in [0.1, 0.15) is 5.52 Å². The molecular formula is C19H20N4O. The lowest BCUT2D eigenvalue weighted by atomic mass is 10.2. The lowest BCUT2D eigenvalue weighted by Gasteiger charge is -2.15. The van der Waals surface area contributed by atoms with Crippen LogP contribution in [0.25, 0.3) is 21.9 Å². The molecular weight excluding hydrogens is 300 g/mol. The Morgan fingerprint density at radius 3 is 2.50 bits per heavy atom. The molecule has 1 N–H and O–H groups in total. The van der Waals surface area contributed by atoms with E-state index >= 15 is 0 Å². The van der Waals surface area contributed by atoms with Crippen LogP contribution in [0, 0.1) is 13.8 Å². The Morgan fingerprint density at radius 2 is 1.67 bits per heavy atom. The van der Waals surface area contributed by atoms with Gasteiger partial charge in [0.15, 0.2) is 0 Å². The van der Waals surface area contributed by atoms with E-state index in [-0.39, 0.29) is 0 Å². The molecule has 122 valence electrons. The lowest BCUT2D eigenvalue weighted by Crippen LogP contribution is -2.23. The van der Waals surface area contributed by atoms with Gasteiger partial charge in [-0.25, -0.2) is 4.68 Å². The summed E-state index contributed by atoms with van der Waals surface area (Å²) in [5, 5.41) is 20.2. The molecule has 24 heavy (non-hydrogen) atoms. The second-order valence-electron chi connectivity index (χ2n) is 6.25. The first-order valence-electron chi connectivity index (χ1n) is 8.16. The van der Waals surface area contributed by atoms with E-state index in [1.54, 1.807) is 4.68 Å². The molecule has 4 rings (SSSR count). The van der Waals surface area contributed by atoms with Crippen LogP contribution in [0.15, 0.2) is 48.5 Å². The molecule has 0 aliphatic heterocycles. The molecule has 5 nitrogen and oxygen atoms in total. The van der Waals surface area contributed by atoms with Crippen molar-refractivity contribution < 1.29 is 5.11 Å². The molecule has 0 saturated carbocycles. The molecule has 0 aliphatic rings. The van der Waals surface area contributed by atoms with E-state index in [0.717, 1.165) is 16.6 Å². The van der Waals surface area contributed by atoms with Gasteiger partial charge >= 0.3 is 0 Å². The van der Waals surface area contributed by atoms with E-state index in [1.807, 2.05) is 30.3 Å². The summed E-state index contributed by atoms with van der Waals surface area (Å²) in [5.41, 5.74) is 5.42. The van der Waals surface area contributed by atoms with Crippen molar-refractivity contribution in [1.82, 2.24) is 19.6 Å². The van der Waals surface area contributed by atoms with Crippen LogP contribution in [0.5, 0.6) is 0 Å². The SMILES string of the molecule is Cc1c(C)n(C[C@@H](O)Cn2nnc3ccccc32)c2ccccc12. The van der Waals surface area contributed by atoms with Crippen LogP contribution >= 0.6 is 0 Å². The molecule has 0 aliphatic carbocycles. The van der Waals surface area contributed by atoms with Crippen LogP contribution in [0.2, 0.25) is 0 Å². The first-order valence-corrected chi connectivity index (χ1v) is 8.16. The van der Waals surface area contributed by atoms with Gasteiger partial charge in [-0.2, -0.15) is 0 Å². The minimum atomic E-state index is -0.538. The average Bonchev–Trinajstić information content (AvgIpc) is 3.11. The normalized spacial score (nSPS) is 13.0. The van der Waals surface area contributed by atoms with Gasteiger partial charge in [0, 0.05) is 16.6 Å². The van der Waals surface area contributed by atoms with Crippen molar-refractivity contribution in [2.45, 2.75) is 33.0 Å². The van der Waals surface area contributed by atoms with Gasteiger partial charge in [0.25, 0.3) is 0 Å². The molecule has 0 saturated heterocycles. The van der Waals surface area contributed by atoms with Gasteiger partial charge in [-0.1, -0.05) is 35.5 Å². The van der Waals surface area contributed by atoms with Gasteiger partial charge in [0.05, 0.1) is 24.7 Å². The summed E-state index contributed by atoms with van der Waals surface area (Å²) in [6, 6.07) is 16.1. The maximum atomic E-state index is 10.6. The Hall–Kier alpha value is -2.66. The number of aromatic nitrogens is 4. The fourth-order valence-electron chi connectivity index (χ4n) is 3.36. The van der Waals surface area contributed by atoms with Gasteiger partial charge in [-0.05, 0) is 37.6 Å². The van der Waals surface area contributed by atoms with Crippen LogP contribution in [-0.2, 0) is 13.1 Å². The molecule has 4 aromatic rings. The van der Waals surface area contributed by atoms with Crippen molar-refractivity contribution in [1.29, 1.82) is 0 Å². The Bertz CT molecular complexity index is 1010. The number of aliphatic hydroxyl groups is 1. The molecule has 2 heterocycles. The number of benzene rings is 2. The summed E-state index contributed by atoms with van der Waals surface area (Å²) >= 11 is 0. The van der Waals surface area contributed by atoms with E-state index < -0.39 is 6.10 Å². The average molecular weight is 320 g/mol. The number of para-hydroxylation sites is 2. The first kappa shape index (κ1) is 14.9. The Labute approximate surface area is 140 Å². The number of aryl methyl sites for hydroxylation is 1. The third-order valence-corrected chi connectivity index (χ3v) is 4.74. The molecule has 1 atom stereocenters. The highest BCUT2D eigenvalue weighted by Crippen LogP contribution is 2.25. The predicted molar refractivity (Wildman–Crippen MR) is 94.9 cm³/mol. The number of nitrogens with zero attached hydrogens (tertiary/aromatic N) is 4. The Morgan fingerprint density at radius 1 is 0.958 bits per heavy atom. The second kappa shape index (κ2) is 5.76. The third kappa shape index (κ3) is 2.37. The van der Waals surface area contributed by atoms with Gasteiger partial charge < -0.3 is 9.67 Å². The Balaban J connectivity index is 1.63. The number of hydrogen-bond acceptors (Lipinski definition) is 3. The monoisotopic (exact) mass is 320 g/mol. The van der Waals surface area contributed by atoms with Crippen molar-refractivity contribution in [2.75, 3.05) is 0 Å². The largest absolute Gasteiger partial charge is 0.389 e. The van der Waals surface area contributed by atoms with E-state index in [4.69, 9.17) is 0 Å². The zero-order valence-corrected chi connectivity index (χ0v) is 13.8. The van der Waals surface area contributed by atoms with Crippen molar-refractivity contribution in [3.63, 3.8) is 0 Å².